The van der Waals surface area contributed by atoms with Crippen molar-refractivity contribution in [3.63, 3.8) is 0 Å². The summed E-state index contributed by atoms with van der Waals surface area (Å²) in [6.45, 7) is 29.6. The van der Waals surface area contributed by atoms with Crippen molar-refractivity contribution in [2.45, 2.75) is 204 Å². The van der Waals surface area contributed by atoms with Crippen LogP contribution in [0.25, 0.3) is 0 Å². The zero-order valence-electron chi connectivity index (χ0n) is 38.4. The summed E-state index contributed by atoms with van der Waals surface area (Å²) in [7, 11) is 0. The van der Waals surface area contributed by atoms with E-state index in [2.05, 4.69) is 65.8 Å². The number of ketones is 2. The Morgan fingerprint density at radius 1 is 0.517 bits per heavy atom. The number of fused-ring (bicyclic) bond motifs is 4. The molecule has 3 aliphatic carbocycles. The summed E-state index contributed by atoms with van der Waals surface area (Å²) < 4.78 is 40.2. The van der Waals surface area contributed by atoms with Gasteiger partial charge in [0.05, 0.1) is 13.2 Å². The third kappa shape index (κ3) is 5.52. The van der Waals surface area contributed by atoms with Gasteiger partial charge in [0.1, 0.15) is 47.1 Å². The predicted molar refractivity (Wildman–Crippen MR) is 226 cm³/mol. The molecule has 60 heavy (non-hydrogen) atoms. The van der Waals surface area contributed by atoms with Gasteiger partial charge in [0, 0.05) is 25.7 Å². The van der Waals surface area contributed by atoms with E-state index in [1.807, 2.05) is 55.4 Å². The van der Waals surface area contributed by atoms with Gasteiger partial charge in [-0.15, -0.1) is 0 Å². The molecule has 0 amide bonds. The fourth-order valence-corrected chi connectivity index (χ4v) is 11.4. The van der Waals surface area contributed by atoms with E-state index in [1.165, 1.54) is 0 Å². The first kappa shape index (κ1) is 42.4. The average molecular weight is 829 g/mol. The van der Waals surface area contributed by atoms with Crippen molar-refractivity contribution in [2.75, 3.05) is 13.2 Å². The van der Waals surface area contributed by atoms with Crippen LogP contribution in [0.5, 0.6) is 11.5 Å². The molecule has 2 aromatic carbocycles. The molecule has 7 aliphatic rings. The zero-order chi connectivity index (χ0) is 43.8. The van der Waals surface area contributed by atoms with E-state index >= 15 is 9.59 Å². The molecule has 4 saturated heterocycles. The minimum atomic E-state index is -1.50. The van der Waals surface area contributed by atoms with Crippen LogP contribution in [0.4, 0.5) is 0 Å². The lowest BCUT2D eigenvalue weighted by atomic mass is 9.59. The summed E-state index contributed by atoms with van der Waals surface area (Å²) in [5, 5.41) is 26.1. The third-order valence-electron chi connectivity index (χ3n) is 15.2. The quantitative estimate of drug-likeness (QED) is 0.292. The summed E-state index contributed by atoms with van der Waals surface area (Å²) in [4.78, 5) is 31.2. The highest BCUT2D eigenvalue weighted by molar-refractivity contribution is 6.04. The maximum absolute atomic E-state index is 15.6. The normalized spacial score (nSPS) is 38.9. The van der Waals surface area contributed by atoms with Gasteiger partial charge >= 0.3 is 0 Å². The number of ether oxygens (including phenoxy) is 6. The standard InChI is InChI=1S/C50H68O10/c1-15-17-55-33-27-19-31(41(3,4)5)20-28(33)24-46-36(52)48(40(60-48)50(54,38(46)58-46)44(12,13)14)26-30-22-32(42(6,7)8)21-29(34(30)56-18-16-2)25-47-35(51)45(23-27)37(57-45)49(53,39(47)59-47)43(9,10)11/h19-22,37-40,53-54H,15-18,23-26H2,1-14H3. The molecule has 8 atom stereocenters. The summed E-state index contributed by atoms with van der Waals surface area (Å²) in [5.74, 6) is 0.823. The number of carbonyl (C=O) groups is 2. The Balaban J connectivity index is 1.33. The Morgan fingerprint density at radius 3 is 0.967 bits per heavy atom. The van der Waals surface area contributed by atoms with Crippen LogP contribution in [-0.2, 0) is 65.0 Å². The van der Waals surface area contributed by atoms with E-state index in [1.54, 1.807) is 0 Å². The number of epoxide rings is 4. The van der Waals surface area contributed by atoms with Crippen molar-refractivity contribution in [1.82, 2.24) is 0 Å². The number of hydrogen-bond acceptors (Lipinski definition) is 10. The second-order valence-electron chi connectivity index (χ2n) is 23.5. The lowest BCUT2D eigenvalue weighted by molar-refractivity contribution is -0.132. The highest BCUT2D eigenvalue weighted by atomic mass is 16.7. The van der Waals surface area contributed by atoms with Gasteiger partial charge in [-0.2, -0.15) is 0 Å². The van der Waals surface area contributed by atoms with E-state index in [9.17, 15) is 10.2 Å². The number of carbonyl (C=O) groups excluding carboxylic acids is 2. The second kappa shape index (κ2) is 12.4. The number of Topliss-reactive ketones (excluding diaryl/α,β-unsaturated/α-hetero) is 2. The van der Waals surface area contributed by atoms with Gasteiger partial charge in [0.2, 0.25) is 11.6 Å². The average Bonchev–Trinajstić information content (AvgIpc) is 3.97. The minimum Gasteiger partial charge on any atom is -0.493 e. The maximum atomic E-state index is 15.6. The van der Waals surface area contributed by atoms with Crippen LogP contribution in [0.1, 0.15) is 143 Å². The van der Waals surface area contributed by atoms with E-state index in [4.69, 9.17) is 28.4 Å². The molecule has 2 N–H and O–H groups in total. The first-order chi connectivity index (χ1) is 27.6. The number of hydrogen-bond donors (Lipinski definition) is 2. The Morgan fingerprint density at radius 2 is 0.767 bits per heavy atom. The van der Waals surface area contributed by atoms with Crippen molar-refractivity contribution in [1.29, 1.82) is 0 Å². The zero-order valence-corrected chi connectivity index (χ0v) is 38.4. The molecule has 10 nitrogen and oxygen atoms in total. The molecule has 8 unspecified atom stereocenters. The van der Waals surface area contributed by atoms with Crippen LogP contribution < -0.4 is 9.47 Å². The highest BCUT2D eigenvalue weighted by Crippen LogP contribution is 2.70. The summed E-state index contributed by atoms with van der Waals surface area (Å²) in [5.41, 5.74) is -5.65. The van der Waals surface area contributed by atoms with Crippen LogP contribution in [0, 0.1) is 10.8 Å². The van der Waals surface area contributed by atoms with Gasteiger partial charge in [-0.1, -0.05) is 121 Å². The summed E-state index contributed by atoms with van der Waals surface area (Å²) >= 11 is 0. The molecule has 9 rings (SSSR count). The summed E-state index contributed by atoms with van der Waals surface area (Å²) in [6.07, 6.45) is -1.24. The Labute approximate surface area is 356 Å². The smallest absolute Gasteiger partial charge is 0.202 e. The molecule has 2 saturated carbocycles. The van der Waals surface area contributed by atoms with Crippen LogP contribution in [0.2, 0.25) is 0 Å². The SMILES string of the molecule is CCCOc1c2cc(C(C)(C)C)cc1CC13OC1C(O)(C(C)(C)C)C1OC1(Cc1cc(C(C)(C)C)cc(c1OCCC)CC14OC1C(O)(C(C)(C)C)C1OC1(C2)C4=O)C3=O. The lowest BCUT2D eigenvalue weighted by Crippen LogP contribution is -2.64. The molecular formula is C50H68O10. The van der Waals surface area contributed by atoms with Gasteiger partial charge in [-0.05, 0) is 67.9 Å². The molecule has 10 heteroatoms. The van der Waals surface area contributed by atoms with Crippen LogP contribution >= 0.6 is 0 Å². The summed E-state index contributed by atoms with van der Waals surface area (Å²) in [6, 6.07) is 8.43. The maximum Gasteiger partial charge on any atom is 0.202 e. The largest absolute Gasteiger partial charge is 0.493 e. The van der Waals surface area contributed by atoms with Crippen LogP contribution in [0.15, 0.2) is 24.3 Å². The number of rotatable bonds is 6. The Bertz CT molecular complexity index is 1920. The predicted octanol–water partition coefficient (Wildman–Crippen LogP) is 7.01. The fraction of sp³-hybridized carbons (Fsp3) is 0.720. The molecule has 0 radical (unpaired) electrons. The van der Waals surface area contributed by atoms with Gasteiger partial charge in [0.15, 0.2) is 22.4 Å². The number of benzene rings is 2. The van der Waals surface area contributed by atoms with E-state index < -0.39 is 68.9 Å². The van der Waals surface area contributed by atoms with Gasteiger partial charge in [-0.3, -0.25) is 9.59 Å². The molecule has 4 heterocycles. The van der Waals surface area contributed by atoms with Crippen molar-refractivity contribution >= 4 is 11.6 Å². The molecule has 0 aromatic heterocycles. The van der Waals surface area contributed by atoms with Gasteiger partial charge in [0.25, 0.3) is 0 Å². The first-order valence-electron chi connectivity index (χ1n) is 22.5. The second-order valence-corrected chi connectivity index (χ2v) is 23.5. The molecule has 6 fully saturated rings. The molecular weight excluding hydrogens is 761 g/mol. The monoisotopic (exact) mass is 828 g/mol. The molecule has 328 valence electrons. The Hall–Kier alpha value is -2.86. The van der Waals surface area contributed by atoms with Crippen molar-refractivity contribution < 1.29 is 48.2 Å². The molecule has 8 bridgehead atoms. The Kier molecular flexibility index (Phi) is 8.80. The van der Waals surface area contributed by atoms with E-state index in [0.717, 1.165) is 46.2 Å². The lowest BCUT2D eigenvalue weighted by Gasteiger charge is -2.42. The number of aliphatic hydroxyl groups is 2. The molecule has 2 aromatic rings. The first-order valence-corrected chi connectivity index (χ1v) is 22.5. The van der Waals surface area contributed by atoms with E-state index in [-0.39, 0.29) is 48.1 Å². The van der Waals surface area contributed by atoms with E-state index in [0.29, 0.717) is 24.7 Å². The molecule has 4 spiro atoms. The topological polar surface area (TPSA) is 143 Å². The fourth-order valence-electron chi connectivity index (χ4n) is 11.4. The van der Waals surface area contributed by atoms with Crippen molar-refractivity contribution in [3.05, 3.63) is 57.6 Å². The minimum absolute atomic E-state index is 0.140. The van der Waals surface area contributed by atoms with Crippen molar-refractivity contribution in [3.8, 4) is 11.5 Å². The van der Waals surface area contributed by atoms with Gasteiger partial charge < -0.3 is 38.6 Å². The highest BCUT2D eigenvalue weighted by Gasteiger charge is 2.92. The third-order valence-corrected chi connectivity index (χ3v) is 15.2. The molecule has 4 aliphatic heterocycles. The van der Waals surface area contributed by atoms with Gasteiger partial charge in [-0.25, -0.2) is 0 Å². The van der Waals surface area contributed by atoms with Crippen LogP contribution in [-0.4, -0.2) is 93.0 Å². The van der Waals surface area contributed by atoms with Crippen molar-refractivity contribution in [2.24, 2.45) is 10.8 Å². The van der Waals surface area contributed by atoms with Crippen LogP contribution in [0.3, 0.4) is 0 Å².